The van der Waals surface area contributed by atoms with Gasteiger partial charge in [0.2, 0.25) is 0 Å². The lowest BCUT2D eigenvalue weighted by atomic mass is 9.80. The predicted molar refractivity (Wildman–Crippen MR) is 115 cm³/mol. The van der Waals surface area contributed by atoms with Gasteiger partial charge in [-0.25, -0.2) is 14.4 Å². The Morgan fingerprint density at radius 3 is 2.31 bits per heavy atom. The fourth-order valence-electron chi connectivity index (χ4n) is 5.29. The molecule has 0 radical (unpaired) electrons. The molecule has 2 heterocycles. The number of hydrogen-bond acceptors (Lipinski definition) is 7. The Morgan fingerprint density at radius 1 is 1.12 bits per heavy atom. The molecule has 0 amide bonds. The van der Waals surface area contributed by atoms with Crippen molar-refractivity contribution in [2.24, 2.45) is 11.8 Å². The Bertz CT molecular complexity index is 1000. The fourth-order valence-corrected chi connectivity index (χ4v) is 5.29. The van der Waals surface area contributed by atoms with Gasteiger partial charge in [-0.2, -0.15) is 0 Å². The van der Waals surface area contributed by atoms with E-state index < -0.39 is 47.7 Å². The summed E-state index contributed by atoms with van der Waals surface area (Å²) in [6, 6.07) is 0. The van der Waals surface area contributed by atoms with Crippen LogP contribution in [-0.4, -0.2) is 47.9 Å². The van der Waals surface area contributed by atoms with Crippen molar-refractivity contribution >= 4 is 17.9 Å². The molecule has 0 aromatic rings. The van der Waals surface area contributed by atoms with Crippen LogP contribution < -0.4 is 0 Å². The van der Waals surface area contributed by atoms with Crippen LogP contribution in [0, 0.1) is 11.8 Å². The number of ether oxygens (including phenoxy) is 4. The highest BCUT2D eigenvalue weighted by molar-refractivity contribution is 5.92. The molecule has 0 N–H and O–H groups in total. The topological polar surface area (TPSA) is 91.4 Å². The van der Waals surface area contributed by atoms with E-state index in [2.05, 4.69) is 6.58 Å². The maximum Gasteiger partial charge on any atom is 0.334 e. The lowest BCUT2D eigenvalue weighted by Gasteiger charge is -2.30. The van der Waals surface area contributed by atoms with Gasteiger partial charge in [-0.05, 0) is 47.1 Å². The van der Waals surface area contributed by atoms with Crippen molar-refractivity contribution in [2.45, 2.75) is 78.0 Å². The Kier molecular flexibility index (Phi) is 5.44. The standard InChI is InChI=1S/C25H30O7/c1-8-11(3)22(26)29-15-10-13(5)16-18(19-17(15)14(6)24(28)30-19)25(7)21(32-25)20(16)31-23(27)12(4)9-2/h8-9,15,17-21H,6,10H2,1-5,7H3/b11-8-,12-9-/t15-,17-,18+,19+,20-,21-,25+/m1/s1. The van der Waals surface area contributed by atoms with Crippen LogP contribution in [0.25, 0.3) is 0 Å². The second-order valence-electron chi connectivity index (χ2n) is 9.27. The third kappa shape index (κ3) is 3.25. The van der Waals surface area contributed by atoms with Gasteiger partial charge in [-0.1, -0.05) is 24.3 Å². The molecule has 0 aromatic heterocycles. The van der Waals surface area contributed by atoms with E-state index in [-0.39, 0.29) is 12.0 Å². The van der Waals surface area contributed by atoms with Gasteiger partial charge in [0.1, 0.15) is 23.9 Å². The van der Waals surface area contributed by atoms with E-state index in [9.17, 15) is 14.4 Å². The number of carbonyl (C=O) groups excluding carboxylic acids is 3. The second-order valence-corrected chi connectivity index (χ2v) is 9.27. The molecule has 4 rings (SSSR count). The van der Waals surface area contributed by atoms with Crippen LogP contribution >= 0.6 is 0 Å². The maximum atomic E-state index is 12.6. The van der Waals surface area contributed by atoms with Gasteiger partial charge in [-0.15, -0.1) is 0 Å². The zero-order valence-electron chi connectivity index (χ0n) is 19.4. The maximum absolute atomic E-state index is 12.6. The lowest BCUT2D eigenvalue weighted by Crippen LogP contribution is -2.40. The summed E-state index contributed by atoms with van der Waals surface area (Å²) in [4.78, 5) is 37.7. The highest BCUT2D eigenvalue weighted by atomic mass is 16.7. The van der Waals surface area contributed by atoms with Crippen LogP contribution in [0.15, 0.2) is 46.6 Å². The zero-order chi connectivity index (χ0) is 23.5. The molecular formula is C25H30O7. The van der Waals surface area contributed by atoms with Crippen LogP contribution in [0.1, 0.15) is 48.0 Å². The van der Waals surface area contributed by atoms with Crippen LogP contribution in [-0.2, 0) is 33.3 Å². The van der Waals surface area contributed by atoms with Gasteiger partial charge in [0.05, 0.1) is 11.8 Å². The molecule has 2 saturated heterocycles. The molecule has 1 saturated carbocycles. The summed E-state index contributed by atoms with van der Waals surface area (Å²) in [6.45, 7) is 14.8. The molecule has 0 spiro atoms. The minimum absolute atomic E-state index is 0.297. The molecule has 0 bridgehead atoms. The molecule has 0 unspecified atom stereocenters. The highest BCUT2D eigenvalue weighted by Gasteiger charge is 2.75. The van der Waals surface area contributed by atoms with E-state index in [4.69, 9.17) is 18.9 Å². The molecule has 2 aliphatic heterocycles. The molecule has 172 valence electrons. The number of hydrogen-bond donors (Lipinski definition) is 0. The Hall–Kier alpha value is -2.67. The highest BCUT2D eigenvalue weighted by Crippen LogP contribution is 2.63. The number of epoxide rings is 1. The summed E-state index contributed by atoms with van der Waals surface area (Å²) in [7, 11) is 0. The van der Waals surface area contributed by atoms with Gasteiger partial charge in [0.15, 0.2) is 6.10 Å². The van der Waals surface area contributed by atoms with Gasteiger partial charge < -0.3 is 18.9 Å². The number of allylic oxidation sites excluding steroid dienone is 2. The van der Waals surface area contributed by atoms with Crippen molar-refractivity contribution in [1.82, 2.24) is 0 Å². The Morgan fingerprint density at radius 2 is 1.72 bits per heavy atom. The van der Waals surface area contributed by atoms with Gasteiger partial charge in [-0.3, -0.25) is 0 Å². The number of rotatable bonds is 4. The summed E-state index contributed by atoms with van der Waals surface area (Å²) in [5.74, 6) is -2.14. The lowest BCUT2D eigenvalue weighted by molar-refractivity contribution is -0.150. The first kappa shape index (κ1) is 22.5. The molecule has 0 aromatic carbocycles. The van der Waals surface area contributed by atoms with E-state index in [0.717, 1.165) is 11.1 Å². The molecular weight excluding hydrogens is 412 g/mol. The van der Waals surface area contributed by atoms with Crippen LogP contribution in [0.4, 0.5) is 0 Å². The first-order chi connectivity index (χ1) is 15.0. The summed E-state index contributed by atoms with van der Waals surface area (Å²) in [6.07, 6.45) is 1.68. The Balaban J connectivity index is 1.75. The number of fused-ring (bicyclic) bond motifs is 5. The second kappa shape index (κ2) is 7.73. The molecule has 3 fully saturated rings. The van der Waals surface area contributed by atoms with Crippen LogP contribution in [0.5, 0.6) is 0 Å². The third-order valence-corrected chi connectivity index (χ3v) is 7.42. The average molecular weight is 443 g/mol. The molecule has 7 atom stereocenters. The largest absolute Gasteiger partial charge is 0.458 e. The smallest absolute Gasteiger partial charge is 0.334 e. The summed E-state index contributed by atoms with van der Waals surface area (Å²) in [5, 5.41) is 0. The van der Waals surface area contributed by atoms with Crippen LogP contribution in [0.2, 0.25) is 0 Å². The number of carbonyl (C=O) groups is 3. The summed E-state index contributed by atoms with van der Waals surface area (Å²) in [5.41, 5.74) is 2.52. The van der Waals surface area contributed by atoms with E-state index in [0.29, 0.717) is 23.1 Å². The average Bonchev–Trinajstić information content (AvgIpc) is 3.30. The van der Waals surface area contributed by atoms with Crippen molar-refractivity contribution in [1.29, 1.82) is 0 Å². The zero-order valence-corrected chi connectivity index (χ0v) is 19.4. The van der Waals surface area contributed by atoms with E-state index in [1.54, 1.807) is 39.8 Å². The van der Waals surface area contributed by atoms with E-state index in [1.165, 1.54) is 0 Å². The Labute approximate surface area is 188 Å². The van der Waals surface area contributed by atoms with Crippen molar-refractivity contribution in [3.8, 4) is 0 Å². The quantitative estimate of drug-likeness (QED) is 0.217. The number of esters is 3. The fraction of sp³-hybridized carbons (Fsp3) is 0.560. The van der Waals surface area contributed by atoms with Crippen molar-refractivity contribution in [3.63, 3.8) is 0 Å². The minimum atomic E-state index is -0.628. The first-order valence-electron chi connectivity index (χ1n) is 11.0. The molecule has 32 heavy (non-hydrogen) atoms. The van der Waals surface area contributed by atoms with Crippen molar-refractivity contribution in [2.75, 3.05) is 0 Å². The third-order valence-electron chi connectivity index (χ3n) is 7.42. The molecule has 7 nitrogen and oxygen atoms in total. The molecule has 4 aliphatic rings. The molecule has 2 aliphatic carbocycles. The summed E-state index contributed by atoms with van der Waals surface area (Å²) >= 11 is 0. The van der Waals surface area contributed by atoms with E-state index in [1.807, 2.05) is 13.8 Å². The normalized spacial score (nSPS) is 38.4. The predicted octanol–water partition coefficient (Wildman–Crippen LogP) is 3.35. The van der Waals surface area contributed by atoms with Crippen molar-refractivity contribution < 1.29 is 33.3 Å². The van der Waals surface area contributed by atoms with Gasteiger partial charge in [0.25, 0.3) is 0 Å². The minimum Gasteiger partial charge on any atom is -0.458 e. The van der Waals surface area contributed by atoms with Crippen molar-refractivity contribution in [3.05, 3.63) is 46.6 Å². The SMILES string of the molecule is C=C1C(=O)O[C@H]2[C@H]1[C@H](OC(=O)/C(C)=C\C)CC(C)=C1[C@@H](OC(=O)/C(C)=C\C)[C@H]3O[C@@]3(C)[C@@H]12. The van der Waals surface area contributed by atoms with E-state index >= 15 is 0 Å². The summed E-state index contributed by atoms with van der Waals surface area (Å²) < 4.78 is 23.6. The van der Waals surface area contributed by atoms with Gasteiger partial charge in [0, 0.05) is 23.1 Å². The van der Waals surface area contributed by atoms with Gasteiger partial charge >= 0.3 is 17.9 Å². The molecule has 7 heteroatoms. The first-order valence-corrected chi connectivity index (χ1v) is 11.0. The monoisotopic (exact) mass is 442 g/mol. The van der Waals surface area contributed by atoms with Crippen LogP contribution in [0.3, 0.4) is 0 Å².